The Balaban J connectivity index is 1.85. The summed E-state index contributed by atoms with van der Waals surface area (Å²) in [5.41, 5.74) is 4.35. The van der Waals surface area contributed by atoms with Gasteiger partial charge in [0.2, 0.25) is 5.95 Å². The van der Waals surface area contributed by atoms with Gasteiger partial charge in [0.25, 0.3) is 5.56 Å². The summed E-state index contributed by atoms with van der Waals surface area (Å²) in [6.07, 6.45) is 5.93. The molecule has 7 heteroatoms. The number of pyridine rings is 1. The molecule has 3 rings (SSSR count). The minimum Gasteiger partial charge on any atom is -0.379 e. The normalized spacial score (nSPS) is 11.5. The molecule has 0 aliphatic rings. The number of nitrogens with zero attached hydrogens (tertiary/aromatic N) is 4. The maximum absolute atomic E-state index is 12.9. The van der Waals surface area contributed by atoms with Gasteiger partial charge in [-0.25, -0.2) is 10.4 Å². The first-order valence-corrected chi connectivity index (χ1v) is 8.95. The molecule has 2 heterocycles. The molecule has 0 saturated carbocycles. The van der Waals surface area contributed by atoms with Crippen molar-refractivity contribution in [3.05, 3.63) is 64.7 Å². The number of nitrogens with one attached hydrogen (secondary N) is 1. The quantitative estimate of drug-likeness (QED) is 0.377. The number of hydrazone groups is 1. The van der Waals surface area contributed by atoms with Crippen molar-refractivity contribution in [2.45, 2.75) is 32.9 Å². The van der Waals surface area contributed by atoms with E-state index in [-0.39, 0.29) is 11.7 Å². The lowest BCUT2D eigenvalue weighted by Crippen LogP contribution is -2.25. The van der Waals surface area contributed by atoms with Crippen LogP contribution in [0.5, 0.6) is 0 Å². The molecule has 1 aromatic carbocycles. The summed E-state index contributed by atoms with van der Waals surface area (Å²) in [6.45, 7) is 5.06. The zero-order chi connectivity index (χ0) is 19.1. The number of aromatic nitrogens is 3. The van der Waals surface area contributed by atoms with Gasteiger partial charge in [-0.2, -0.15) is 5.10 Å². The Morgan fingerprint density at radius 1 is 1.22 bits per heavy atom. The highest BCUT2D eigenvalue weighted by Gasteiger charge is 2.10. The Hall–Kier alpha value is -3.06. The van der Waals surface area contributed by atoms with E-state index in [1.165, 1.54) is 0 Å². The second-order valence-electron chi connectivity index (χ2n) is 6.33. The van der Waals surface area contributed by atoms with Gasteiger partial charge >= 0.3 is 0 Å². The summed E-state index contributed by atoms with van der Waals surface area (Å²) in [5, 5.41) is 4.81. The van der Waals surface area contributed by atoms with Crippen LogP contribution in [0.1, 0.15) is 25.8 Å². The molecule has 0 radical (unpaired) electrons. The van der Waals surface area contributed by atoms with Crippen molar-refractivity contribution in [3.8, 4) is 0 Å². The first-order chi connectivity index (χ1) is 13.1. The first-order valence-electron chi connectivity index (χ1n) is 8.95. The van der Waals surface area contributed by atoms with Gasteiger partial charge in [0, 0.05) is 25.5 Å². The summed E-state index contributed by atoms with van der Waals surface area (Å²) >= 11 is 0. The first kappa shape index (κ1) is 18.7. The monoisotopic (exact) mass is 365 g/mol. The second-order valence-corrected chi connectivity index (χ2v) is 6.33. The van der Waals surface area contributed by atoms with E-state index in [2.05, 4.69) is 20.5 Å². The Bertz CT molecular complexity index is 967. The molecule has 7 nitrogen and oxygen atoms in total. The van der Waals surface area contributed by atoms with Crippen LogP contribution >= 0.6 is 0 Å². The molecule has 0 atom stereocenters. The number of hydrogen-bond donors (Lipinski definition) is 1. The zero-order valence-corrected chi connectivity index (χ0v) is 15.5. The maximum Gasteiger partial charge on any atom is 0.262 e. The van der Waals surface area contributed by atoms with E-state index < -0.39 is 0 Å². The predicted molar refractivity (Wildman–Crippen MR) is 107 cm³/mol. The number of rotatable bonds is 8. The average Bonchev–Trinajstić information content (AvgIpc) is 2.68. The van der Waals surface area contributed by atoms with Crippen molar-refractivity contribution >= 4 is 23.1 Å². The molecule has 0 bridgehead atoms. The lowest BCUT2D eigenvalue weighted by atomic mass is 10.2. The summed E-state index contributed by atoms with van der Waals surface area (Å²) < 4.78 is 7.19. The van der Waals surface area contributed by atoms with E-state index in [1.807, 2.05) is 44.2 Å². The highest BCUT2D eigenvalue weighted by molar-refractivity contribution is 5.80. The van der Waals surface area contributed by atoms with Gasteiger partial charge in [0.1, 0.15) is 0 Å². The second kappa shape index (κ2) is 9.05. The number of ether oxygens (including phenoxy) is 1. The molecule has 0 aliphatic carbocycles. The van der Waals surface area contributed by atoms with Gasteiger partial charge in [-0.05, 0) is 50.1 Å². The van der Waals surface area contributed by atoms with Gasteiger partial charge in [-0.3, -0.25) is 14.3 Å². The molecule has 0 amide bonds. The molecule has 0 fully saturated rings. The molecule has 0 spiro atoms. The molecular formula is C20H23N5O2. The molecule has 0 unspecified atom stereocenters. The third-order valence-electron chi connectivity index (χ3n) is 3.92. The smallest absolute Gasteiger partial charge is 0.262 e. The van der Waals surface area contributed by atoms with E-state index in [1.54, 1.807) is 29.2 Å². The third kappa shape index (κ3) is 4.98. The fourth-order valence-corrected chi connectivity index (χ4v) is 2.62. The molecular weight excluding hydrogens is 342 g/mol. The van der Waals surface area contributed by atoms with Gasteiger partial charge < -0.3 is 4.74 Å². The highest BCUT2D eigenvalue weighted by Crippen LogP contribution is 2.12. The van der Waals surface area contributed by atoms with E-state index in [4.69, 9.17) is 4.74 Å². The number of benzene rings is 1. The standard InChI is InChI=1S/C20H23N5O2/c1-15(2)27-13-5-12-25-19(26)17-6-3-4-7-18(17)23-20(25)24-22-14-16-8-10-21-11-9-16/h3-4,6-11,14-15H,5,12-13H2,1-2H3,(H,23,24)/b22-14-. The Labute approximate surface area is 157 Å². The van der Waals surface area contributed by atoms with Crippen molar-refractivity contribution < 1.29 is 4.74 Å². The van der Waals surface area contributed by atoms with E-state index in [0.29, 0.717) is 36.4 Å². The van der Waals surface area contributed by atoms with Crippen LogP contribution in [0.15, 0.2) is 58.7 Å². The van der Waals surface area contributed by atoms with Gasteiger partial charge in [0.05, 0.1) is 23.2 Å². The topological polar surface area (TPSA) is 81.4 Å². The number of anilines is 1. The number of fused-ring (bicyclic) bond motifs is 1. The molecule has 0 aliphatic heterocycles. The van der Waals surface area contributed by atoms with Crippen LogP contribution in [0.25, 0.3) is 10.9 Å². The van der Waals surface area contributed by atoms with Crippen molar-refractivity contribution in [1.82, 2.24) is 14.5 Å². The fourth-order valence-electron chi connectivity index (χ4n) is 2.62. The summed E-state index contributed by atoms with van der Waals surface area (Å²) in [6, 6.07) is 11.0. The SMILES string of the molecule is CC(C)OCCCn1c(N/N=C\c2ccncc2)nc2ccccc2c1=O. The van der Waals surface area contributed by atoms with Gasteiger partial charge in [0.15, 0.2) is 0 Å². The van der Waals surface area contributed by atoms with Crippen molar-refractivity contribution in [1.29, 1.82) is 0 Å². The van der Waals surface area contributed by atoms with Crippen molar-refractivity contribution in [2.24, 2.45) is 5.10 Å². The van der Waals surface area contributed by atoms with Crippen molar-refractivity contribution in [3.63, 3.8) is 0 Å². The Morgan fingerprint density at radius 2 is 2.00 bits per heavy atom. The summed E-state index contributed by atoms with van der Waals surface area (Å²) in [4.78, 5) is 21.4. The maximum atomic E-state index is 12.9. The molecule has 140 valence electrons. The van der Waals surface area contributed by atoms with E-state index in [9.17, 15) is 4.79 Å². The number of hydrogen-bond acceptors (Lipinski definition) is 6. The Kier molecular flexibility index (Phi) is 6.27. The van der Waals surface area contributed by atoms with Crippen LogP contribution in [0, 0.1) is 0 Å². The van der Waals surface area contributed by atoms with Crippen LogP contribution < -0.4 is 11.0 Å². The van der Waals surface area contributed by atoms with E-state index >= 15 is 0 Å². The molecule has 3 aromatic rings. The van der Waals surface area contributed by atoms with Gasteiger partial charge in [-0.1, -0.05) is 12.1 Å². The fraction of sp³-hybridized carbons (Fsp3) is 0.300. The minimum atomic E-state index is -0.0910. The molecule has 0 saturated heterocycles. The lowest BCUT2D eigenvalue weighted by molar-refractivity contribution is 0.0748. The lowest BCUT2D eigenvalue weighted by Gasteiger charge is -2.13. The molecule has 2 aromatic heterocycles. The average molecular weight is 365 g/mol. The third-order valence-corrected chi connectivity index (χ3v) is 3.92. The summed E-state index contributed by atoms with van der Waals surface area (Å²) in [7, 11) is 0. The number of para-hydroxylation sites is 1. The van der Waals surface area contributed by atoms with Crippen LogP contribution in [-0.2, 0) is 11.3 Å². The van der Waals surface area contributed by atoms with Crippen LogP contribution in [0.2, 0.25) is 0 Å². The predicted octanol–water partition coefficient (Wildman–Crippen LogP) is 3.05. The zero-order valence-electron chi connectivity index (χ0n) is 15.5. The largest absolute Gasteiger partial charge is 0.379 e. The Morgan fingerprint density at radius 3 is 2.78 bits per heavy atom. The van der Waals surface area contributed by atoms with Gasteiger partial charge in [-0.15, -0.1) is 0 Å². The highest BCUT2D eigenvalue weighted by atomic mass is 16.5. The van der Waals surface area contributed by atoms with Crippen LogP contribution in [0.3, 0.4) is 0 Å². The van der Waals surface area contributed by atoms with Crippen LogP contribution in [0.4, 0.5) is 5.95 Å². The molecule has 27 heavy (non-hydrogen) atoms. The molecule has 1 N–H and O–H groups in total. The summed E-state index contributed by atoms with van der Waals surface area (Å²) in [5.74, 6) is 0.411. The minimum absolute atomic E-state index is 0.0910. The van der Waals surface area contributed by atoms with Crippen molar-refractivity contribution in [2.75, 3.05) is 12.0 Å². The van der Waals surface area contributed by atoms with Crippen LogP contribution in [-0.4, -0.2) is 33.5 Å². The van der Waals surface area contributed by atoms with E-state index in [0.717, 1.165) is 5.56 Å².